The molecule has 2 aromatic rings. The lowest BCUT2D eigenvalue weighted by atomic mass is 10.0. The molecule has 1 atom stereocenters. The third-order valence-corrected chi connectivity index (χ3v) is 4.65. The molecule has 0 aliphatic carbocycles. The molecule has 0 aliphatic rings. The van der Waals surface area contributed by atoms with E-state index in [1.54, 1.807) is 6.07 Å². The number of carboxylic acid groups (broad SMARTS) is 1. The topological polar surface area (TPSA) is 57.6 Å². The minimum atomic E-state index is -1.08. The van der Waals surface area contributed by atoms with Crippen LogP contribution in [0.4, 0.5) is 0 Å². The molecule has 0 aliphatic heterocycles. The Labute approximate surface area is 158 Å². The van der Waals surface area contributed by atoms with Crippen LogP contribution in [0, 0.1) is 0 Å². The van der Waals surface area contributed by atoms with E-state index in [0.717, 1.165) is 10.0 Å². The Morgan fingerprint density at radius 3 is 2.33 bits per heavy atom. The molecule has 0 spiro atoms. The van der Waals surface area contributed by atoms with Crippen LogP contribution in [-0.4, -0.2) is 35.0 Å². The molecule has 0 saturated carbocycles. The van der Waals surface area contributed by atoms with E-state index >= 15 is 0 Å². The maximum absolute atomic E-state index is 12.6. The van der Waals surface area contributed by atoms with Crippen molar-refractivity contribution >= 4 is 51.0 Å². The van der Waals surface area contributed by atoms with Crippen LogP contribution in [0.2, 0.25) is 10.0 Å². The molecule has 24 heavy (non-hydrogen) atoms. The van der Waals surface area contributed by atoms with Crippen molar-refractivity contribution < 1.29 is 14.7 Å². The van der Waals surface area contributed by atoms with E-state index in [4.69, 9.17) is 23.2 Å². The van der Waals surface area contributed by atoms with Gasteiger partial charge in [-0.2, -0.15) is 0 Å². The fraction of sp³-hybridized carbons (Fsp3) is 0.176. The number of rotatable bonds is 5. The van der Waals surface area contributed by atoms with E-state index in [-0.39, 0.29) is 17.0 Å². The van der Waals surface area contributed by atoms with Crippen LogP contribution in [0.3, 0.4) is 0 Å². The van der Waals surface area contributed by atoms with Gasteiger partial charge in [0.05, 0.1) is 10.6 Å². The van der Waals surface area contributed by atoms with Crippen molar-refractivity contribution in [1.82, 2.24) is 4.90 Å². The monoisotopic (exact) mass is 429 g/mol. The number of nitrogens with zero attached hydrogens (tertiary/aromatic N) is 1. The van der Waals surface area contributed by atoms with Crippen molar-refractivity contribution in [2.24, 2.45) is 0 Å². The molecule has 0 fully saturated rings. The maximum atomic E-state index is 12.6. The zero-order valence-electron chi connectivity index (χ0n) is 12.7. The zero-order chi connectivity index (χ0) is 17.9. The van der Waals surface area contributed by atoms with Crippen molar-refractivity contribution in [1.29, 1.82) is 0 Å². The highest BCUT2D eigenvalue weighted by molar-refractivity contribution is 9.10. The quantitative estimate of drug-likeness (QED) is 0.758. The summed E-state index contributed by atoms with van der Waals surface area (Å²) in [5.74, 6) is -1.56. The Balaban J connectivity index is 2.24. The molecule has 2 rings (SSSR count). The van der Waals surface area contributed by atoms with Gasteiger partial charge in [-0.1, -0.05) is 51.3 Å². The second-order valence-corrected chi connectivity index (χ2v) is 6.98. The summed E-state index contributed by atoms with van der Waals surface area (Å²) in [4.78, 5) is 25.4. The molecule has 126 valence electrons. The highest BCUT2D eigenvalue weighted by Crippen LogP contribution is 2.23. The summed E-state index contributed by atoms with van der Waals surface area (Å²) in [5.41, 5.74) is 1.03. The smallest absolute Gasteiger partial charge is 0.326 e. The number of carboxylic acids is 1. The molecule has 0 saturated heterocycles. The molecule has 2 aromatic carbocycles. The fourth-order valence-corrected chi connectivity index (χ4v) is 2.98. The van der Waals surface area contributed by atoms with Gasteiger partial charge < -0.3 is 10.0 Å². The number of carbonyl (C=O) groups excluding carboxylic acids is 1. The number of benzene rings is 2. The average Bonchev–Trinajstić information content (AvgIpc) is 2.53. The van der Waals surface area contributed by atoms with Gasteiger partial charge >= 0.3 is 5.97 Å². The van der Waals surface area contributed by atoms with Crippen LogP contribution in [0.15, 0.2) is 46.9 Å². The molecule has 7 heteroatoms. The minimum Gasteiger partial charge on any atom is -0.480 e. The van der Waals surface area contributed by atoms with E-state index in [0.29, 0.717) is 5.02 Å². The summed E-state index contributed by atoms with van der Waals surface area (Å²) in [6, 6.07) is 10.8. The average molecular weight is 431 g/mol. The zero-order valence-corrected chi connectivity index (χ0v) is 15.8. The molecule has 0 bridgehead atoms. The standard InChI is InChI=1S/C17H14BrCl2NO3/c1-21(16(22)13-7-6-12(19)9-14(13)20)15(17(23)24)8-10-2-4-11(18)5-3-10/h2-7,9,15H,8H2,1H3,(H,23,24)/t15-/m1/s1. The number of likely N-dealkylation sites (N-methyl/N-ethyl adjacent to an activating group) is 1. The van der Waals surface area contributed by atoms with Crippen molar-refractivity contribution in [3.05, 3.63) is 68.1 Å². The maximum Gasteiger partial charge on any atom is 0.326 e. The van der Waals surface area contributed by atoms with Gasteiger partial charge in [0, 0.05) is 23.0 Å². The number of halogens is 3. The first-order valence-corrected chi connectivity index (χ1v) is 8.54. The summed E-state index contributed by atoms with van der Waals surface area (Å²) in [6.07, 6.45) is 0.191. The summed E-state index contributed by atoms with van der Waals surface area (Å²) in [7, 11) is 1.45. The first-order chi connectivity index (χ1) is 11.3. The predicted molar refractivity (Wildman–Crippen MR) is 97.8 cm³/mol. The first kappa shape index (κ1) is 18.8. The van der Waals surface area contributed by atoms with Crippen LogP contribution in [0.5, 0.6) is 0 Å². The van der Waals surface area contributed by atoms with Gasteiger partial charge in [0.25, 0.3) is 5.91 Å². The van der Waals surface area contributed by atoms with Crippen LogP contribution in [0.25, 0.3) is 0 Å². The SMILES string of the molecule is CN(C(=O)c1ccc(Cl)cc1Cl)[C@H](Cc1ccc(Br)cc1)C(=O)O. The summed E-state index contributed by atoms with van der Waals surface area (Å²) in [5, 5.41) is 10.1. The number of hydrogen-bond acceptors (Lipinski definition) is 2. The van der Waals surface area contributed by atoms with E-state index in [2.05, 4.69) is 15.9 Å². The number of amides is 1. The molecular weight excluding hydrogens is 417 g/mol. The number of hydrogen-bond donors (Lipinski definition) is 1. The second kappa shape index (κ2) is 8.01. The highest BCUT2D eigenvalue weighted by atomic mass is 79.9. The Hall–Kier alpha value is -1.56. The number of carbonyl (C=O) groups is 2. The molecule has 1 amide bonds. The van der Waals surface area contributed by atoms with Gasteiger partial charge in [-0.25, -0.2) is 4.79 Å². The van der Waals surface area contributed by atoms with Crippen molar-refractivity contribution in [2.75, 3.05) is 7.05 Å². The molecular formula is C17H14BrCl2NO3. The van der Waals surface area contributed by atoms with Gasteiger partial charge in [-0.05, 0) is 35.9 Å². The van der Waals surface area contributed by atoms with Crippen molar-refractivity contribution in [2.45, 2.75) is 12.5 Å². The minimum absolute atomic E-state index is 0.187. The molecule has 0 aromatic heterocycles. The van der Waals surface area contributed by atoms with E-state index in [1.807, 2.05) is 24.3 Å². The van der Waals surface area contributed by atoms with Gasteiger partial charge in [0.2, 0.25) is 0 Å². The van der Waals surface area contributed by atoms with Gasteiger partial charge in [-0.15, -0.1) is 0 Å². The van der Waals surface area contributed by atoms with E-state index < -0.39 is 17.9 Å². The largest absolute Gasteiger partial charge is 0.480 e. The molecule has 0 heterocycles. The Morgan fingerprint density at radius 1 is 1.17 bits per heavy atom. The van der Waals surface area contributed by atoms with Crippen LogP contribution >= 0.6 is 39.1 Å². The summed E-state index contributed by atoms with van der Waals surface area (Å²) >= 11 is 15.2. The lowest BCUT2D eigenvalue weighted by Gasteiger charge is -2.25. The molecule has 0 unspecified atom stereocenters. The Kier molecular flexibility index (Phi) is 6.27. The third kappa shape index (κ3) is 4.50. The van der Waals surface area contributed by atoms with Gasteiger partial charge in [0.15, 0.2) is 0 Å². The Bertz CT molecular complexity index is 765. The van der Waals surface area contributed by atoms with Crippen molar-refractivity contribution in [3.63, 3.8) is 0 Å². The predicted octanol–water partition coefficient (Wildman–Crippen LogP) is 4.52. The molecule has 0 radical (unpaired) electrons. The Morgan fingerprint density at radius 2 is 1.79 bits per heavy atom. The summed E-state index contributed by atoms with van der Waals surface area (Å²) < 4.78 is 0.899. The molecule has 4 nitrogen and oxygen atoms in total. The lowest BCUT2D eigenvalue weighted by molar-refractivity contribution is -0.141. The van der Waals surface area contributed by atoms with Gasteiger partial charge in [0.1, 0.15) is 6.04 Å². The third-order valence-electron chi connectivity index (χ3n) is 3.58. The summed E-state index contributed by atoms with van der Waals surface area (Å²) in [6.45, 7) is 0. The normalized spacial score (nSPS) is 11.8. The first-order valence-electron chi connectivity index (χ1n) is 6.99. The second-order valence-electron chi connectivity index (χ2n) is 5.22. The lowest BCUT2D eigenvalue weighted by Crippen LogP contribution is -2.44. The highest BCUT2D eigenvalue weighted by Gasteiger charge is 2.28. The van der Waals surface area contributed by atoms with Crippen molar-refractivity contribution in [3.8, 4) is 0 Å². The van der Waals surface area contributed by atoms with Gasteiger partial charge in [-0.3, -0.25) is 4.79 Å². The van der Waals surface area contributed by atoms with Crippen LogP contribution in [-0.2, 0) is 11.2 Å². The van der Waals surface area contributed by atoms with E-state index in [9.17, 15) is 14.7 Å². The van der Waals surface area contributed by atoms with Crippen LogP contribution in [0.1, 0.15) is 15.9 Å². The van der Waals surface area contributed by atoms with E-state index in [1.165, 1.54) is 24.1 Å². The molecule has 1 N–H and O–H groups in total. The van der Waals surface area contributed by atoms with Crippen LogP contribution < -0.4 is 0 Å². The fourth-order valence-electron chi connectivity index (χ4n) is 2.23. The number of aliphatic carboxylic acids is 1.